The lowest BCUT2D eigenvalue weighted by molar-refractivity contribution is -0.116. The Morgan fingerprint density at radius 3 is 2.32 bits per heavy atom. The van der Waals surface area contributed by atoms with Crippen LogP contribution < -0.4 is 20.7 Å². The molecular weight excluding hydrogens is 361 g/mol. The Kier molecular flexibility index (Phi) is 7.52. The minimum atomic E-state index is -0.296. The largest absolute Gasteiger partial charge is 0.495 e. The summed E-state index contributed by atoms with van der Waals surface area (Å²) in [5.41, 5.74) is 1.93. The second-order valence-corrected chi connectivity index (χ2v) is 6.80. The first-order valence-electron chi connectivity index (χ1n) is 9.04. The number of benzene rings is 2. The minimum Gasteiger partial charge on any atom is -0.495 e. The van der Waals surface area contributed by atoms with E-state index < -0.39 is 0 Å². The number of ether oxygens (including phenoxy) is 1. The Balaban J connectivity index is 2.06. The molecule has 2 rings (SSSR count). The highest BCUT2D eigenvalue weighted by Crippen LogP contribution is 2.28. The Morgan fingerprint density at radius 2 is 1.75 bits per heavy atom. The molecule has 0 spiro atoms. The van der Waals surface area contributed by atoms with E-state index in [1.165, 1.54) is 26.2 Å². The van der Waals surface area contributed by atoms with Crippen molar-refractivity contribution in [1.29, 1.82) is 0 Å². The van der Waals surface area contributed by atoms with Crippen molar-refractivity contribution in [3.05, 3.63) is 53.8 Å². The van der Waals surface area contributed by atoms with Crippen LogP contribution in [0, 0.1) is 11.7 Å². The fraction of sp³-hybridized carbons (Fsp3) is 0.333. The summed E-state index contributed by atoms with van der Waals surface area (Å²) in [6.45, 7) is 5.53. The minimum absolute atomic E-state index is 0.0632. The molecule has 0 radical (unpaired) electrons. The van der Waals surface area contributed by atoms with Gasteiger partial charge in [-0.1, -0.05) is 26.0 Å². The number of hydrogen-bond donors (Lipinski definition) is 3. The summed E-state index contributed by atoms with van der Waals surface area (Å²) in [6.07, 6.45) is 0. The van der Waals surface area contributed by atoms with Gasteiger partial charge in [-0.2, -0.15) is 0 Å². The molecule has 0 saturated carbocycles. The first-order valence-corrected chi connectivity index (χ1v) is 9.04. The number of anilines is 2. The molecule has 1 atom stereocenters. The quantitative estimate of drug-likeness (QED) is 0.645. The van der Waals surface area contributed by atoms with E-state index in [0.717, 1.165) is 5.56 Å². The zero-order valence-corrected chi connectivity index (χ0v) is 16.5. The van der Waals surface area contributed by atoms with Crippen LogP contribution >= 0.6 is 0 Å². The predicted octanol–water partition coefficient (Wildman–Crippen LogP) is 3.72. The summed E-state index contributed by atoms with van der Waals surface area (Å²) < 4.78 is 18.4. The van der Waals surface area contributed by atoms with E-state index in [9.17, 15) is 14.0 Å². The van der Waals surface area contributed by atoms with Crippen LogP contribution in [0.1, 0.15) is 32.4 Å². The number of carbonyl (C=O) groups is 2. The Labute approximate surface area is 164 Å². The Hall–Kier alpha value is -2.93. The summed E-state index contributed by atoms with van der Waals surface area (Å²) >= 11 is 0. The molecule has 0 saturated heterocycles. The molecule has 0 aliphatic rings. The monoisotopic (exact) mass is 387 g/mol. The van der Waals surface area contributed by atoms with Crippen molar-refractivity contribution in [3.8, 4) is 5.75 Å². The van der Waals surface area contributed by atoms with E-state index in [1.807, 2.05) is 13.8 Å². The highest BCUT2D eigenvalue weighted by atomic mass is 19.1. The molecule has 2 aromatic rings. The van der Waals surface area contributed by atoms with Gasteiger partial charge >= 0.3 is 0 Å². The standard InChI is InChI=1S/C21H26FN3O3/c1-13(2)21(15-5-7-16(22)8-6-15)23-12-20(27)25-18-11-17(24-14(3)26)9-10-19(18)28-4/h5-11,13,21,23H,12H2,1-4H3,(H,24,26)(H,25,27)/t21-/m1/s1. The average Bonchev–Trinajstić information content (AvgIpc) is 2.63. The van der Waals surface area contributed by atoms with Crippen molar-refractivity contribution in [2.75, 3.05) is 24.3 Å². The SMILES string of the molecule is COc1ccc(NC(C)=O)cc1NC(=O)CN[C@@H](c1ccc(F)cc1)C(C)C. The highest BCUT2D eigenvalue weighted by molar-refractivity contribution is 5.95. The summed E-state index contributed by atoms with van der Waals surface area (Å²) in [4.78, 5) is 23.7. The van der Waals surface area contributed by atoms with Crippen LogP contribution in [-0.2, 0) is 9.59 Å². The smallest absolute Gasteiger partial charge is 0.238 e. The fourth-order valence-electron chi connectivity index (χ4n) is 2.89. The van der Waals surface area contributed by atoms with Gasteiger partial charge < -0.3 is 20.7 Å². The molecular formula is C21H26FN3O3. The second kappa shape index (κ2) is 9.85. The van der Waals surface area contributed by atoms with Gasteiger partial charge in [-0.25, -0.2) is 4.39 Å². The summed E-state index contributed by atoms with van der Waals surface area (Å²) in [5, 5.41) is 8.68. The van der Waals surface area contributed by atoms with Gasteiger partial charge in [-0.05, 0) is 41.8 Å². The van der Waals surface area contributed by atoms with E-state index in [2.05, 4.69) is 16.0 Å². The van der Waals surface area contributed by atoms with Gasteiger partial charge in [-0.15, -0.1) is 0 Å². The molecule has 2 aromatic carbocycles. The highest BCUT2D eigenvalue weighted by Gasteiger charge is 2.17. The molecule has 3 N–H and O–H groups in total. The van der Waals surface area contributed by atoms with Crippen molar-refractivity contribution in [2.24, 2.45) is 5.92 Å². The maximum atomic E-state index is 13.2. The first-order chi connectivity index (χ1) is 13.3. The van der Waals surface area contributed by atoms with Crippen LogP contribution in [0.25, 0.3) is 0 Å². The zero-order chi connectivity index (χ0) is 20.7. The number of hydrogen-bond acceptors (Lipinski definition) is 4. The van der Waals surface area contributed by atoms with E-state index in [-0.39, 0.29) is 36.1 Å². The van der Waals surface area contributed by atoms with Gasteiger partial charge in [0, 0.05) is 18.7 Å². The van der Waals surface area contributed by atoms with E-state index in [0.29, 0.717) is 17.1 Å². The third-order valence-corrected chi connectivity index (χ3v) is 4.17. The van der Waals surface area contributed by atoms with Gasteiger partial charge in [0.1, 0.15) is 11.6 Å². The van der Waals surface area contributed by atoms with E-state index >= 15 is 0 Å². The van der Waals surface area contributed by atoms with Gasteiger partial charge in [0.05, 0.1) is 19.3 Å². The van der Waals surface area contributed by atoms with Crippen molar-refractivity contribution >= 4 is 23.2 Å². The van der Waals surface area contributed by atoms with Crippen LogP contribution in [0.15, 0.2) is 42.5 Å². The van der Waals surface area contributed by atoms with Gasteiger partial charge in [0.25, 0.3) is 0 Å². The van der Waals surface area contributed by atoms with Crippen LogP contribution in [0.4, 0.5) is 15.8 Å². The van der Waals surface area contributed by atoms with Gasteiger partial charge in [0.2, 0.25) is 11.8 Å². The fourth-order valence-corrected chi connectivity index (χ4v) is 2.89. The van der Waals surface area contributed by atoms with Crippen molar-refractivity contribution in [1.82, 2.24) is 5.32 Å². The first kappa shape index (κ1) is 21.4. The van der Waals surface area contributed by atoms with E-state index in [1.54, 1.807) is 30.3 Å². The van der Waals surface area contributed by atoms with E-state index in [4.69, 9.17) is 4.74 Å². The molecule has 2 amide bonds. The van der Waals surface area contributed by atoms with Gasteiger partial charge in [0.15, 0.2) is 0 Å². The maximum Gasteiger partial charge on any atom is 0.238 e. The molecule has 0 aliphatic carbocycles. The van der Waals surface area contributed by atoms with Crippen LogP contribution in [0.5, 0.6) is 5.75 Å². The summed E-state index contributed by atoms with van der Waals surface area (Å²) in [5.74, 6) is -0.0679. The number of rotatable bonds is 8. The number of carbonyl (C=O) groups excluding carboxylic acids is 2. The molecule has 0 bridgehead atoms. The molecule has 0 aromatic heterocycles. The molecule has 0 unspecified atom stereocenters. The molecule has 0 fully saturated rings. The van der Waals surface area contributed by atoms with Crippen LogP contribution in [-0.4, -0.2) is 25.5 Å². The third kappa shape index (κ3) is 6.06. The molecule has 0 aliphatic heterocycles. The zero-order valence-electron chi connectivity index (χ0n) is 16.5. The lowest BCUT2D eigenvalue weighted by Gasteiger charge is -2.23. The molecule has 0 heterocycles. The number of halogens is 1. The summed E-state index contributed by atoms with van der Waals surface area (Å²) in [6, 6.07) is 11.1. The number of amides is 2. The van der Waals surface area contributed by atoms with Crippen molar-refractivity contribution in [3.63, 3.8) is 0 Å². The lowest BCUT2D eigenvalue weighted by Crippen LogP contribution is -2.33. The molecule has 6 nitrogen and oxygen atoms in total. The topological polar surface area (TPSA) is 79.5 Å². The Morgan fingerprint density at radius 1 is 1.07 bits per heavy atom. The molecule has 150 valence electrons. The molecule has 7 heteroatoms. The second-order valence-electron chi connectivity index (χ2n) is 6.80. The Bertz CT molecular complexity index is 822. The third-order valence-electron chi connectivity index (χ3n) is 4.17. The van der Waals surface area contributed by atoms with Gasteiger partial charge in [-0.3, -0.25) is 9.59 Å². The predicted molar refractivity (Wildman–Crippen MR) is 108 cm³/mol. The normalized spacial score (nSPS) is 11.8. The van der Waals surface area contributed by atoms with Crippen LogP contribution in [0.3, 0.4) is 0 Å². The summed E-state index contributed by atoms with van der Waals surface area (Å²) in [7, 11) is 1.50. The number of nitrogens with one attached hydrogen (secondary N) is 3. The maximum absolute atomic E-state index is 13.2. The van der Waals surface area contributed by atoms with Crippen molar-refractivity contribution in [2.45, 2.75) is 26.8 Å². The molecule has 28 heavy (non-hydrogen) atoms. The average molecular weight is 387 g/mol. The lowest BCUT2D eigenvalue weighted by atomic mass is 9.96. The van der Waals surface area contributed by atoms with Crippen LogP contribution in [0.2, 0.25) is 0 Å². The van der Waals surface area contributed by atoms with Crippen molar-refractivity contribution < 1.29 is 18.7 Å². The number of methoxy groups -OCH3 is 1.